The highest BCUT2D eigenvalue weighted by Crippen LogP contribution is 2.38. The monoisotopic (exact) mass is 364 g/mol. The lowest BCUT2D eigenvalue weighted by Gasteiger charge is -2.35. The second-order valence-electron chi connectivity index (χ2n) is 6.76. The second-order valence-corrected chi connectivity index (χ2v) is 6.76. The number of Topliss-reactive ketones (excluding diaryl/α,β-unsaturated/α-hetero) is 1. The van der Waals surface area contributed by atoms with E-state index in [1.54, 1.807) is 25.1 Å². The van der Waals surface area contributed by atoms with Crippen molar-refractivity contribution in [1.29, 1.82) is 0 Å². The Balaban J connectivity index is 2.15. The molecule has 0 amide bonds. The molecule has 0 aromatic heterocycles. The van der Waals surface area contributed by atoms with Gasteiger partial charge in [-0.1, -0.05) is 6.92 Å². The number of aliphatic hydroxyl groups excluding tert-OH is 1. The molecule has 0 bridgehead atoms. The first-order valence-corrected chi connectivity index (χ1v) is 9.23. The fraction of sp³-hybridized carbons (Fsp3) is 0.600. The largest absolute Gasteiger partial charge is 0.486 e. The van der Waals surface area contributed by atoms with E-state index in [-0.39, 0.29) is 12.4 Å². The summed E-state index contributed by atoms with van der Waals surface area (Å²) < 4.78 is 16.9. The molecule has 0 fully saturated rings. The molecule has 0 radical (unpaired) electrons. The minimum atomic E-state index is -0.691. The van der Waals surface area contributed by atoms with E-state index < -0.39 is 17.7 Å². The third-order valence-corrected chi connectivity index (χ3v) is 4.46. The zero-order chi connectivity index (χ0) is 19.2. The van der Waals surface area contributed by atoms with Crippen LogP contribution in [0.5, 0.6) is 11.5 Å². The van der Waals surface area contributed by atoms with Gasteiger partial charge in [0.15, 0.2) is 11.9 Å². The van der Waals surface area contributed by atoms with Crippen LogP contribution >= 0.6 is 0 Å². The topological polar surface area (TPSA) is 82.1 Å². The Bertz CT molecular complexity index is 641. The maximum Gasteiger partial charge on any atom is 0.347 e. The number of carbonyl (C=O) groups is 2. The van der Waals surface area contributed by atoms with Gasteiger partial charge in [-0.25, -0.2) is 4.79 Å². The molecule has 1 heterocycles. The molecule has 1 N–H and O–H groups in total. The summed E-state index contributed by atoms with van der Waals surface area (Å²) in [5, 5.41) is 8.95. The summed E-state index contributed by atoms with van der Waals surface area (Å²) in [4.78, 5) is 24.4. The number of rotatable bonds is 9. The highest BCUT2D eigenvalue weighted by Gasteiger charge is 2.36. The van der Waals surface area contributed by atoms with Crippen molar-refractivity contribution < 1.29 is 28.9 Å². The van der Waals surface area contributed by atoms with Crippen molar-refractivity contribution >= 4 is 11.8 Å². The van der Waals surface area contributed by atoms with E-state index in [4.69, 9.17) is 19.3 Å². The number of benzene rings is 1. The molecule has 2 atom stereocenters. The number of hydrogen-bond acceptors (Lipinski definition) is 6. The van der Waals surface area contributed by atoms with Gasteiger partial charge in [0, 0.05) is 12.7 Å². The van der Waals surface area contributed by atoms with E-state index >= 15 is 0 Å². The van der Waals surface area contributed by atoms with Gasteiger partial charge in [-0.15, -0.1) is 0 Å². The smallest absolute Gasteiger partial charge is 0.347 e. The molecule has 1 aromatic rings. The number of aliphatic hydroxyl groups is 1. The lowest BCUT2D eigenvalue weighted by molar-refractivity contribution is -0.151. The Morgan fingerprint density at radius 3 is 2.77 bits per heavy atom. The average Bonchev–Trinajstić information content (AvgIpc) is 2.59. The standard InChI is InChI=1S/C20H28O6/c1-4-17(19(23)24-5-2)25-14-8-9-15-16(22)13-20(3,10-6-7-11-21)26-18(15)12-14/h8-9,12,17,21H,4-7,10-11,13H2,1-3H3. The van der Waals surface area contributed by atoms with Crippen molar-refractivity contribution in [2.45, 2.75) is 64.6 Å². The van der Waals surface area contributed by atoms with E-state index in [1.807, 2.05) is 13.8 Å². The molecule has 2 unspecified atom stereocenters. The molecule has 1 aliphatic heterocycles. The van der Waals surface area contributed by atoms with Crippen LogP contribution in [0, 0.1) is 0 Å². The minimum Gasteiger partial charge on any atom is -0.486 e. The molecule has 6 nitrogen and oxygen atoms in total. The molecule has 0 aliphatic carbocycles. The van der Waals surface area contributed by atoms with Crippen LogP contribution in [0.15, 0.2) is 18.2 Å². The molecular formula is C20H28O6. The highest BCUT2D eigenvalue weighted by molar-refractivity contribution is 6.00. The van der Waals surface area contributed by atoms with Crippen LogP contribution in [-0.2, 0) is 9.53 Å². The predicted octanol–water partition coefficient (Wildman–Crippen LogP) is 3.29. The molecule has 26 heavy (non-hydrogen) atoms. The van der Waals surface area contributed by atoms with Gasteiger partial charge in [-0.2, -0.15) is 0 Å². The highest BCUT2D eigenvalue weighted by atomic mass is 16.6. The van der Waals surface area contributed by atoms with Crippen molar-refractivity contribution in [3.63, 3.8) is 0 Å². The summed E-state index contributed by atoms with van der Waals surface area (Å²) in [6.07, 6.45) is 2.25. The van der Waals surface area contributed by atoms with Crippen molar-refractivity contribution in [3.05, 3.63) is 23.8 Å². The number of carbonyl (C=O) groups excluding carboxylic acids is 2. The van der Waals surface area contributed by atoms with E-state index in [2.05, 4.69) is 0 Å². The molecule has 0 saturated carbocycles. The molecular weight excluding hydrogens is 336 g/mol. The number of ketones is 1. The van der Waals surface area contributed by atoms with Crippen LogP contribution < -0.4 is 9.47 Å². The van der Waals surface area contributed by atoms with Gasteiger partial charge in [-0.3, -0.25) is 4.79 Å². The first-order chi connectivity index (χ1) is 12.4. The third kappa shape index (κ3) is 4.97. The molecule has 144 valence electrons. The molecule has 0 saturated heterocycles. The first kappa shape index (κ1) is 20.2. The maximum atomic E-state index is 12.5. The average molecular weight is 364 g/mol. The van der Waals surface area contributed by atoms with E-state index in [0.29, 0.717) is 49.4 Å². The first-order valence-electron chi connectivity index (χ1n) is 9.23. The van der Waals surface area contributed by atoms with Gasteiger partial charge < -0.3 is 19.3 Å². The van der Waals surface area contributed by atoms with Crippen molar-refractivity contribution in [2.24, 2.45) is 0 Å². The number of esters is 1. The lowest BCUT2D eigenvalue weighted by atomic mass is 9.87. The summed E-state index contributed by atoms with van der Waals surface area (Å²) in [5.41, 5.74) is -0.0652. The number of unbranched alkanes of at least 4 members (excludes halogenated alkanes) is 1. The predicted molar refractivity (Wildman–Crippen MR) is 96.7 cm³/mol. The van der Waals surface area contributed by atoms with E-state index in [0.717, 1.165) is 6.42 Å². The maximum absolute atomic E-state index is 12.5. The van der Waals surface area contributed by atoms with Crippen LogP contribution in [0.1, 0.15) is 63.2 Å². The van der Waals surface area contributed by atoms with Gasteiger partial charge in [0.1, 0.15) is 17.1 Å². The van der Waals surface area contributed by atoms with Gasteiger partial charge in [0.05, 0.1) is 18.6 Å². The van der Waals surface area contributed by atoms with Crippen molar-refractivity contribution in [2.75, 3.05) is 13.2 Å². The Labute approximate surface area is 154 Å². The second kappa shape index (κ2) is 9.03. The zero-order valence-corrected chi connectivity index (χ0v) is 15.7. The quantitative estimate of drug-likeness (QED) is 0.535. The lowest BCUT2D eigenvalue weighted by Crippen LogP contribution is -2.39. The fourth-order valence-electron chi connectivity index (χ4n) is 3.07. The molecule has 1 aromatic carbocycles. The van der Waals surface area contributed by atoms with Crippen LogP contribution in [0.4, 0.5) is 0 Å². The van der Waals surface area contributed by atoms with Crippen LogP contribution in [0.3, 0.4) is 0 Å². The normalized spacial score (nSPS) is 20.1. The molecule has 2 rings (SSSR count). The Hall–Kier alpha value is -2.08. The van der Waals surface area contributed by atoms with Crippen molar-refractivity contribution in [3.8, 4) is 11.5 Å². The summed E-state index contributed by atoms with van der Waals surface area (Å²) in [6.45, 7) is 5.93. The van der Waals surface area contributed by atoms with Crippen LogP contribution in [0.2, 0.25) is 0 Å². The zero-order valence-electron chi connectivity index (χ0n) is 15.7. The number of hydrogen-bond donors (Lipinski definition) is 1. The Kier molecular flexibility index (Phi) is 7.03. The summed E-state index contributed by atoms with van der Waals surface area (Å²) >= 11 is 0. The van der Waals surface area contributed by atoms with Crippen LogP contribution in [-0.4, -0.2) is 41.8 Å². The summed E-state index contributed by atoms with van der Waals surface area (Å²) in [7, 11) is 0. The number of fused-ring (bicyclic) bond motifs is 1. The summed E-state index contributed by atoms with van der Waals surface area (Å²) in [5.74, 6) is 0.570. The summed E-state index contributed by atoms with van der Waals surface area (Å²) in [6, 6.07) is 5.02. The molecule has 1 aliphatic rings. The third-order valence-electron chi connectivity index (χ3n) is 4.46. The fourth-order valence-corrected chi connectivity index (χ4v) is 3.07. The molecule has 0 spiro atoms. The van der Waals surface area contributed by atoms with Gasteiger partial charge in [0.2, 0.25) is 0 Å². The SMILES string of the molecule is CCOC(=O)C(CC)Oc1ccc2c(c1)OC(C)(CCCCO)CC2=O. The minimum absolute atomic E-state index is 0.0294. The van der Waals surface area contributed by atoms with Gasteiger partial charge in [-0.05, 0) is 51.7 Å². The Morgan fingerprint density at radius 2 is 2.12 bits per heavy atom. The van der Waals surface area contributed by atoms with Crippen molar-refractivity contribution in [1.82, 2.24) is 0 Å². The van der Waals surface area contributed by atoms with E-state index in [1.165, 1.54) is 0 Å². The van der Waals surface area contributed by atoms with E-state index in [9.17, 15) is 9.59 Å². The van der Waals surface area contributed by atoms with Crippen LogP contribution in [0.25, 0.3) is 0 Å². The van der Waals surface area contributed by atoms with Gasteiger partial charge >= 0.3 is 5.97 Å². The molecule has 6 heteroatoms. The van der Waals surface area contributed by atoms with Gasteiger partial charge in [0.25, 0.3) is 0 Å². The Morgan fingerprint density at radius 1 is 1.35 bits per heavy atom. The number of ether oxygens (including phenoxy) is 3.